The number of phenolic OH excluding ortho intramolecular Hbond substituents is 1. The first-order chi connectivity index (χ1) is 15.8. The van der Waals surface area contributed by atoms with Gasteiger partial charge in [0, 0.05) is 18.6 Å². The molecule has 0 saturated heterocycles. The predicted octanol–water partition coefficient (Wildman–Crippen LogP) is 5.91. The lowest BCUT2D eigenvalue weighted by Gasteiger charge is -2.23. The molecule has 33 heavy (non-hydrogen) atoms. The number of unbranched alkanes of at least 4 members (excludes halogenated alkanes) is 5. The Morgan fingerprint density at radius 3 is 2.27 bits per heavy atom. The lowest BCUT2D eigenvalue weighted by molar-refractivity contribution is -0.118. The van der Waals surface area contributed by atoms with Crippen LogP contribution in [0.4, 0.5) is 0 Å². The molecule has 178 valence electrons. The molecule has 0 aliphatic carbocycles. The number of ether oxygens (including phenoxy) is 1. The minimum absolute atomic E-state index is 0.155. The molecule has 3 aromatic rings. The Hall–Kier alpha value is -2.73. The van der Waals surface area contributed by atoms with Gasteiger partial charge < -0.3 is 14.6 Å². The largest absolute Gasteiger partial charge is 0.505 e. The van der Waals surface area contributed by atoms with E-state index in [0.717, 1.165) is 41.3 Å². The van der Waals surface area contributed by atoms with Gasteiger partial charge in [-0.05, 0) is 35.6 Å². The first-order valence-electron chi connectivity index (χ1n) is 12.1. The van der Waals surface area contributed by atoms with Crippen LogP contribution in [0.15, 0.2) is 36.4 Å². The van der Waals surface area contributed by atoms with Crippen molar-refractivity contribution in [1.82, 2.24) is 15.0 Å². The molecule has 0 amide bonds. The van der Waals surface area contributed by atoms with E-state index in [1.807, 2.05) is 36.4 Å². The van der Waals surface area contributed by atoms with Gasteiger partial charge in [-0.2, -0.15) is 0 Å². The van der Waals surface area contributed by atoms with Crippen LogP contribution < -0.4 is 0 Å². The van der Waals surface area contributed by atoms with E-state index in [1.54, 1.807) is 0 Å². The fourth-order valence-corrected chi connectivity index (χ4v) is 3.98. The number of carbonyl (C=O) groups is 1. The highest BCUT2D eigenvalue weighted by Gasteiger charge is 2.24. The topological polar surface area (TPSA) is 77.2 Å². The molecule has 1 unspecified atom stereocenters. The SMILES string of the molecule is CCCCCCCCOC(C=O)Cc1cc(-n2nc3ccccc3n2)c(O)c(C(C)(C)C)c1. The number of phenols is 1. The van der Waals surface area contributed by atoms with Crippen molar-refractivity contribution in [2.24, 2.45) is 0 Å². The van der Waals surface area contributed by atoms with Gasteiger partial charge in [0.15, 0.2) is 0 Å². The summed E-state index contributed by atoms with van der Waals surface area (Å²) in [5, 5.41) is 20.2. The fourth-order valence-electron chi connectivity index (χ4n) is 3.98. The summed E-state index contributed by atoms with van der Waals surface area (Å²) in [6.07, 6.45) is 7.87. The van der Waals surface area contributed by atoms with Gasteiger partial charge in [-0.25, -0.2) is 0 Å². The van der Waals surface area contributed by atoms with Crippen molar-refractivity contribution in [1.29, 1.82) is 0 Å². The van der Waals surface area contributed by atoms with E-state index < -0.39 is 6.10 Å². The van der Waals surface area contributed by atoms with Gasteiger partial charge in [0.1, 0.15) is 34.9 Å². The summed E-state index contributed by atoms with van der Waals surface area (Å²) >= 11 is 0. The van der Waals surface area contributed by atoms with Crippen LogP contribution in [-0.2, 0) is 21.4 Å². The standard InChI is InChI=1S/C27H37N3O3/c1-5-6-7-8-9-12-15-33-21(19-31)16-20-17-22(27(2,3)4)26(32)25(18-20)30-28-23-13-10-11-14-24(23)29-30/h10-11,13-14,17-19,21,32H,5-9,12,15-16H2,1-4H3. The number of aldehydes is 1. The van der Waals surface area contributed by atoms with Crippen LogP contribution in [0.25, 0.3) is 16.7 Å². The van der Waals surface area contributed by atoms with E-state index in [4.69, 9.17) is 4.74 Å². The van der Waals surface area contributed by atoms with Crippen LogP contribution in [-0.4, -0.2) is 39.1 Å². The molecular formula is C27H37N3O3. The number of hydrogen-bond acceptors (Lipinski definition) is 5. The van der Waals surface area contributed by atoms with Crippen LogP contribution in [0, 0.1) is 0 Å². The van der Waals surface area contributed by atoms with E-state index in [-0.39, 0.29) is 11.2 Å². The highest BCUT2D eigenvalue weighted by Crippen LogP contribution is 2.36. The number of carbonyl (C=O) groups excluding carboxylic acids is 1. The van der Waals surface area contributed by atoms with Gasteiger partial charge in [-0.3, -0.25) is 0 Å². The van der Waals surface area contributed by atoms with Crippen LogP contribution in [0.1, 0.15) is 77.3 Å². The molecule has 1 atom stereocenters. The van der Waals surface area contributed by atoms with Crippen LogP contribution in [0.5, 0.6) is 5.75 Å². The maximum Gasteiger partial charge on any atom is 0.149 e. The molecule has 3 rings (SSSR count). The van der Waals surface area contributed by atoms with Crippen molar-refractivity contribution >= 4 is 17.3 Å². The van der Waals surface area contributed by atoms with E-state index in [0.29, 0.717) is 18.7 Å². The Bertz CT molecular complexity index is 1020. The number of aromatic hydroxyl groups is 1. The summed E-state index contributed by atoms with van der Waals surface area (Å²) in [4.78, 5) is 13.2. The molecule has 2 aromatic carbocycles. The number of hydrogen-bond donors (Lipinski definition) is 1. The molecule has 0 bridgehead atoms. The number of fused-ring (bicyclic) bond motifs is 1. The van der Waals surface area contributed by atoms with Crippen LogP contribution in [0.3, 0.4) is 0 Å². The number of rotatable bonds is 12. The van der Waals surface area contributed by atoms with E-state index in [9.17, 15) is 9.90 Å². The van der Waals surface area contributed by atoms with Crippen molar-refractivity contribution in [2.45, 2.75) is 84.2 Å². The van der Waals surface area contributed by atoms with Crippen molar-refractivity contribution in [3.8, 4) is 11.4 Å². The zero-order valence-corrected chi connectivity index (χ0v) is 20.4. The summed E-state index contributed by atoms with van der Waals surface area (Å²) in [5.74, 6) is 0.155. The van der Waals surface area contributed by atoms with Gasteiger partial charge in [0.25, 0.3) is 0 Å². The predicted molar refractivity (Wildman–Crippen MR) is 132 cm³/mol. The van der Waals surface area contributed by atoms with Gasteiger partial charge >= 0.3 is 0 Å². The van der Waals surface area contributed by atoms with Crippen molar-refractivity contribution in [2.75, 3.05) is 6.61 Å². The molecule has 1 N–H and O–H groups in total. The third kappa shape index (κ3) is 6.64. The molecule has 1 aromatic heterocycles. The highest BCUT2D eigenvalue weighted by atomic mass is 16.5. The Kier molecular flexibility index (Phi) is 8.61. The second kappa shape index (κ2) is 11.4. The first kappa shape index (κ1) is 24.9. The monoisotopic (exact) mass is 451 g/mol. The normalized spacial score (nSPS) is 12.8. The van der Waals surface area contributed by atoms with E-state index in [2.05, 4.69) is 37.9 Å². The number of benzene rings is 2. The number of nitrogens with zero attached hydrogens (tertiary/aromatic N) is 3. The van der Waals surface area contributed by atoms with Gasteiger partial charge in [0.05, 0.1) is 0 Å². The van der Waals surface area contributed by atoms with Crippen molar-refractivity contribution in [3.05, 3.63) is 47.5 Å². The zero-order chi connectivity index (χ0) is 23.8. The molecule has 0 aliphatic heterocycles. The third-order valence-corrected chi connectivity index (χ3v) is 5.88. The minimum Gasteiger partial charge on any atom is -0.505 e. The Morgan fingerprint density at radius 2 is 1.67 bits per heavy atom. The summed E-state index contributed by atoms with van der Waals surface area (Å²) in [7, 11) is 0. The van der Waals surface area contributed by atoms with Gasteiger partial charge in [-0.1, -0.05) is 78.0 Å². The first-order valence-corrected chi connectivity index (χ1v) is 12.1. The molecule has 0 radical (unpaired) electrons. The Morgan fingerprint density at radius 1 is 1.03 bits per heavy atom. The summed E-state index contributed by atoms with van der Waals surface area (Å²) < 4.78 is 5.88. The highest BCUT2D eigenvalue weighted by molar-refractivity contribution is 5.74. The maximum atomic E-state index is 11.7. The summed E-state index contributed by atoms with van der Waals surface area (Å²) in [6, 6.07) is 11.4. The quantitative estimate of drug-likeness (QED) is 0.274. The lowest BCUT2D eigenvalue weighted by atomic mass is 9.84. The minimum atomic E-state index is -0.518. The van der Waals surface area contributed by atoms with Crippen molar-refractivity contribution < 1.29 is 14.6 Å². The van der Waals surface area contributed by atoms with Crippen LogP contribution in [0.2, 0.25) is 0 Å². The molecule has 0 spiro atoms. The molecule has 6 nitrogen and oxygen atoms in total. The van der Waals surface area contributed by atoms with E-state index >= 15 is 0 Å². The molecule has 1 heterocycles. The molecule has 0 aliphatic rings. The molecule has 6 heteroatoms. The van der Waals surface area contributed by atoms with Crippen molar-refractivity contribution in [3.63, 3.8) is 0 Å². The number of aromatic nitrogens is 3. The maximum absolute atomic E-state index is 11.7. The Balaban J connectivity index is 1.79. The molecular weight excluding hydrogens is 414 g/mol. The van der Waals surface area contributed by atoms with Gasteiger partial charge in [-0.15, -0.1) is 15.0 Å². The molecule has 0 fully saturated rings. The van der Waals surface area contributed by atoms with Gasteiger partial charge in [0.2, 0.25) is 0 Å². The average molecular weight is 452 g/mol. The summed E-state index contributed by atoms with van der Waals surface area (Å²) in [5.41, 5.74) is 3.43. The van der Waals surface area contributed by atoms with Crippen LogP contribution >= 0.6 is 0 Å². The second-order valence-electron chi connectivity index (χ2n) is 9.76. The zero-order valence-electron chi connectivity index (χ0n) is 20.4. The second-order valence-corrected chi connectivity index (χ2v) is 9.76. The average Bonchev–Trinajstić information content (AvgIpc) is 3.21. The van der Waals surface area contributed by atoms with E-state index in [1.165, 1.54) is 30.5 Å². The smallest absolute Gasteiger partial charge is 0.149 e. The lowest BCUT2D eigenvalue weighted by Crippen LogP contribution is -2.20. The third-order valence-electron chi connectivity index (χ3n) is 5.88. The fraction of sp³-hybridized carbons (Fsp3) is 0.519. The Labute approximate surface area is 197 Å². The molecule has 0 saturated carbocycles. The summed E-state index contributed by atoms with van der Waals surface area (Å²) in [6.45, 7) is 8.94.